The summed E-state index contributed by atoms with van der Waals surface area (Å²) in [6.45, 7) is 0. The van der Waals surface area contributed by atoms with Crippen molar-refractivity contribution in [3.63, 3.8) is 0 Å². The van der Waals surface area contributed by atoms with Gasteiger partial charge in [-0.25, -0.2) is 17.6 Å². The summed E-state index contributed by atoms with van der Waals surface area (Å²) in [5, 5.41) is 11.4. The van der Waals surface area contributed by atoms with E-state index in [0.29, 0.717) is 16.9 Å². The Hall–Kier alpha value is -3.20. The van der Waals surface area contributed by atoms with Gasteiger partial charge in [-0.1, -0.05) is 12.1 Å². The van der Waals surface area contributed by atoms with Gasteiger partial charge in [-0.2, -0.15) is 5.10 Å². The topological polar surface area (TPSA) is 104 Å². The molecular formula is C17H15FN4O3S. The molecule has 0 aliphatic carbocycles. The third-order valence-corrected chi connectivity index (χ3v) is 5.20. The van der Waals surface area contributed by atoms with Crippen LogP contribution in [0.15, 0.2) is 65.8 Å². The standard InChI is InChI=1S/C17H15FN4O3S/c18-13-3-1-12(2-4-13)11-26(24,25)16-7-5-14(6-8-16)21-17(23)22-15-9-19-20-10-15/h1-10H,11H2,(H,19,20)(H2,21,22,23). The van der Waals surface area contributed by atoms with Gasteiger partial charge in [-0.15, -0.1) is 0 Å². The van der Waals surface area contributed by atoms with Crippen molar-refractivity contribution in [2.45, 2.75) is 10.6 Å². The molecule has 0 fully saturated rings. The highest BCUT2D eigenvalue weighted by molar-refractivity contribution is 7.90. The fourth-order valence-corrected chi connectivity index (χ4v) is 3.59. The summed E-state index contributed by atoms with van der Waals surface area (Å²) in [5.74, 6) is -0.656. The van der Waals surface area contributed by atoms with Gasteiger partial charge in [0.15, 0.2) is 9.84 Å². The molecule has 0 saturated carbocycles. The predicted molar refractivity (Wildman–Crippen MR) is 95.0 cm³/mol. The second-order valence-electron chi connectivity index (χ2n) is 5.48. The molecule has 2 amide bonds. The molecule has 7 nitrogen and oxygen atoms in total. The van der Waals surface area contributed by atoms with Crippen molar-refractivity contribution < 1.29 is 17.6 Å². The normalized spacial score (nSPS) is 11.1. The maximum atomic E-state index is 12.9. The van der Waals surface area contributed by atoms with Crippen molar-refractivity contribution in [1.82, 2.24) is 10.2 Å². The highest BCUT2D eigenvalue weighted by Crippen LogP contribution is 2.19. The molecular weight excluding hydrogens is 359 g/mol. The molecule has 0 atom stereocenters. The molecule has 1 aromatic heterocycles. The molecule has 3 N–H and O–H groups in total. The first-order valence-electron chi connectivity index (χ1n) is 7.56. The van der Waals surface area contributed by atoms with Gasteiger partial charge in [0.05, 0.1) is 22.5 Å². The number of urea groups is 1. The number of carbonyl (C=O) groups excluding carboxylic acids is 1. The highest BCUT2D eigenvalue weighted by atomic mass is 32.2. The number of aromatic nitrogens is 2. The van der Waals surface area contributed by atoms with Crippen LogP contribution in [0.2, 0.25) is 0 Å². The maximum Gasteiger partial charge on any atom is 0.323 e. The Bertz CT molecular complexity index is 986. The summed E-state index contributed by atoms with van der Waals surface area (Å²) in [7, 11) is -3.58. The van der Waals surface area contributed by atoms with Crippen LogP contribution in [0.25, 0.3) is 0 Å². The summed E-state index contributed by atoms with van der Waals surface area (Å²) in [4.78, 5) is 11.9. The number of hydrogen-bond donors (Lipinski definition) is 3. The SMILES string of the molecule is O=C(Nc1ccc(S(=O)(=O)Cc2ccc(F)cc2)cc1)Nc1cn[nH]c1. The predicted octanol–water partition coefficient (Wildman–Crippen LogP) is 3.17. The van der Waals surface area contributed by atoms with Crippen molar-refractivity contribution in [3.05, 3.63) is 72.3 Å². The fraction of sp³-hybridized carbons (Fsp3) is 0.0588. The minimum Gasteiger partial charge on any atom is -0.308 e. The van der Waals surface area contributed by atoms with E-state index in [0.717, 1.165) is 0 Å². The molecule has 3 rings (SSSR count). The van der Waals surface area contributed by atoms with Crippen LogP contribution in [0.5, 0.6) is 0 Å². The van der Waals surface area contributed by atoms with Crippen molar-refractivity contribution >= 4 is 27.2 Å². The lowest BCUT2D eigenvalue weighted by atomic mass is 10.2. The Morgan fingerprint density at radius 1 is 1.00 bits per heavy atom. The number of aromatic amines is 1. The van der Waals surface area contributed by atoms with E-state index in [1.165, 1.54) is 60.9 Å². The van der Waals surface area contributed by atoms with Gasteiger partial charge < -0.3 is 10.6 Å². The van der Waals surface area contributed by atoms with Gasteiger partial charge >= 0.3 is 6.03 Å². The lowest BCUT2D eigenvalue weighted by Gasteiger charge is -2.08. The molecule has 1 heterocycles. The first kappa shape index (κ1) is 17.6. The molecule has 9 heteroatoms. The lowest BCUT2D eigenvalue weighted by Crippen LogP contribution is -2.19. The number of nitrogens with zero attached hydrogens (tertiary/aromatic N) is 1. The number of anilines is 2. The summed E-state index contributed by atoms with van der Waals surface area (Å²) < 4.78 is 37.8. The number of nitrogens with one attached hydrogen (secondary N) is 3. The van der Waals surface area contributed by atoms with Gasteiger partial charge in [0, 0.05) is 11.9 Å². The largest absolute Gasteiger partial charge is 0.323 e. The van der Waals surface area contributed by atoms with Crippen LogP contribution in [0.4, 0.5) is 20.6 Å². The minimum absolute atomic E-state index is 0.114. The maximum absolute atomic E-state index is 12.9. The molecule has 0 bridgehead atoms. The summed E-state index contributed by atoms with van der Waals surface area (Å²) in [6.07, 6.45) is 2.97. The van der Waals surface area contributed by atoms with E-state index in [-0.39, 0.29) is 10.6 Å². The van der Waals surface area contributed by atoms with Gasteiger partial charge in [-0.3, -0.25) is 5.10 Å². The molecule has 0 saturated heterocycles. The monoisotopic (exact) mass is 374 g/mol. The number of sulfone groups is 1. The Labute approximate surface area is 149 Å². The van der Waals surface area contributed by atoms with Gasteiger partial charge in [0.25, 0.3) is 0 Å². The average molecular weight is 374 g/mol. The van der Waals surface area contributed by atoms with E-state index in [9.17, 15) is 17.6 Å². The third kappa shape index (κ3) is 4.45. The summed E-state index contributed by atoms with van der Waals surface area (Å²) >= 11 is 0. The number of benzene rings is 2. The number of hydrogen-bond acceptors (Lipinski definition) is 4. The Kier molecular flexibility index (Phi) is 4.99. The molecule has 0 spiro atoms. The first-order chi connectivity index (χ1) is 12.4. The molecule has 0 aliphatic heterocycles. The van der Waals surface area contributed by atoms with Crippen molar-refractivity contribution in [2.75, 3.05) is 10.6 Å². The van der Waals surface area contributed by atoms with Crippen molar-refractivity contribution in [2.24, 2.45) is 0 Å². The van der Waals surface area contributed by atoms with Crippen LogP contribution >= 0.6 is 0 Å². The zero-order valence-corrected chi connectivity index (χ0v) is 14.3. The van der Waals surface area contributed by atoms with E-state index in [1.807, 2.05) is 0 Å². The molecule has 2 aromatic carbocycles. The van der Waals surface area contributed by atoms with E-state index >= 15 is 0 Å². The van der Waals surface area contributed by atoms with E-state index in [4.69, 9.17) is 0 Å². The molecule has 0 radical (unpaired) electrons. The van der Waals surface area contributed by atoms with E-state index < -0.39 is 21.7 Å². The second kappa shape index (κ2) is 7.36. The second-order valence-corrected chi connectivity index (χ2v) is 7.47. The lowest BCUT2D eigenvalue weighted by molar-refractivity contribution is 0.262. The number of halogens is 1. The summed E-state index contributed by atoms with van der Waals surface area (Å²) in [5.41, 5.74) is 1.43. The summed E-state index contributed by atoms with van der Waals surface area (Å²) in [6, 6.07) is 10.6. The molecule has 3 aromatic rings. The Balaban J connectivity index is 1.66. The van der Waals surface area contributed by atoms with Crippen LogP contribution in [-0.4, -0.2) is 24.6 Å². The number of H-pyrrole nitrogens is 1. The van der Waals surface area contributed by atoms with Gasteiger partial charge in [-0.05, 0) is 42.0 Å². The quantitative estimate of drug-likeness (QED) is 0.638. The number of amides is 2. The number of rotatable bonds is 5. The fourth-order valence-electron chi connectivity index (χ4n) is 2.24. The van der Waals surface area contributed by atoms with Gasteiger partial charge in [0.2, 0.25) is 0 Å². The molecule has 0 aliphatic rings. The van der Waals surface area contributed by atoms with Gasteiger partial charge in [0.1, 0.15) is 5.82 Å². The number of carbonyl (C=O) groups is 1. The van der Waals surface area contributed by atoms with E-state index in [1.54, 1.807) is 0 Å². The van der Waals surface area contributed by atoms with Crippen molar-refractivity contribution in [3.8, 4) is 0 Å². The zero-order valence-electron chi connectivity index (χ0n) is 13.4. The minimum atomic E-state index is -3.58. The average Bonchev–Trinajstić information content (AvgIpc) is 3.10. The Morgan fingerprint density at radius 2 is 1.65 bits per heavy atom. The molecule has 26 heavy (non-hydrogen) atoms. The van der Waals surface area contributed by atoms with Crippen LogP contribution in [-0.2, 0) is 15.6 Å². The van der Waals surface area contributed by atoms with Crippen LogP contribution in [0, 0.1) is 5.82 Å². The van der Waals surface area contributed by atoms with E-state index in [2.05, 4.69) is 20.8 Å². The van der Waals surface area contributed by atoms with Crippen LogP contribution < -0.4 is 10.6 Å². The van der Waals surface area contributed by atoms with Crippen LogP contribution in [0.3, 0.4) is 0 Å². The first-order valence-corrected chi connectivity index (χ1v) is 9.22. The van der Waals surface area contributed by atoms with Crippen LogP contribution in [0.1, 0.15) is 5.56 Å². The molecule has 134 valence electrons. The molecule has 0 unspecified atom stereocenters. The highest BCUT2D eigenvalue weighted by Gasteiger charge is 2.15. The smallest absolute Gasteiger partial charge is 0.308 e. The third-order valence-electron chi connectivity index (χ3n) is 3.50. The Morgan fingerprint density at radius 3 is 2.27 bits per heavy atom. The zero-order chi connectivity index (χ0) is 18.6. The van der Waals surface area contributed by atoms with Crippen molar-refractivity contribution in [1.29, 1.82) is 0 Å².